The van der Waals surface area contributed by atoms with Crippen molar-refractivity contribution in [1.29, 1.82) is 0 Å². The second-order valence-electron chi connectivity index (χ2n) is 8.30. The van der Waals surface area contributed by atoms with E-state index in [4.69, 9.17) is 5.53 Å². The summed E-state index contributed by atoms with van der Waals surface area (Å²) in [5.41, 5.74) is 11.2. The third kappa shape index (κ3) is 4.47. The van der Waals surface area contributed by atoms with Crippen LogP contribution in [-0.4, -0.2) is 21.9 Å². The highest BCUT2D eigenvalue weighted by molar-refractivity contribution is 5.48. The van der Waals surface area contributed by atoms with Gasteiger partial charge in [0.1, 0.15) is 5.75 Å². The number of aryl methyl sites for hydroxylation is 1. The van der Waals surface area contributed by atoms with Gasteiger partial charge in [-0.3, -0.25) is 0 Å². The number of azide groups is 1. The van der Waals surface area contributed by atoms with Gasteiger partial charge >= 0.3 is 0 Å². The van der Waals surface area contributed by atoms with Crippen LogP contribution in [0.3, 0.4) is 0 Å². The van der Waals surface area contributed by atoms with Crippen LogP contribution in [0.4, 0.5) is 0 Å². The van der Waals surface area contributed by atoms with Gasteiger partial charge in [0, 0.05) is 10.5 Å². The number of aliphatic hydroxyl groups is 1. The molecule has 4 atom stereocenters. The molecule has 25 heavy (non-hydrogen) atoms. The Bertz CT molecular complexity index is 660. The minimum absolute atomic E-state index is 0.381. The maximum Gasteiger partial charge on any atom is 0.119 e. The monoisotopic (exact) mass is 345 g/mol. The van der Waals surface area contributed by atoms with Crippen LogP contribution >= 0.6 is 0 Å². The zero-order valence-corrected chi connectivity index (χ0v) is 16.0. The van der Waals surface area contributed by atoms with E-state index >= 15 is 0 Å². The molecule has 0 aromatic heterocycles. The highest BCUT2D eigenvalue weighted by Gasteiger charge is 2.32. The molecule has 0 amide bonds. The van der Waals surface area contributed by atoms with E-state index in [0.717, 1.165) is 30.4 Å². The molecule has 0 fully saturated rings. The Kier molecular flexibility index (Phi) is 6.02. The number of nitrogens with zero attached hydrogens (tertiary/aromatic N) is 3. The maximum atomic E-state index is 10.4. The minimum Gasteiger partial charge on any atom is -0.508 e. The fourth-order valence-corrected chi connectivity index (χ4v) is 4.21. The molecular formula is C20H31N3O2. The normalized spacial score (nSPS) is 22.6. The van der Waals surface area contributed by atoms with Crippen molar-refractivity contribution in [1.82, 2.24) is 0 Å². The fraction of sp³-hybridized carbons (Fsp3) is 0.700. The molecule has 5 heteroatoms. The van der Waals surface area contributed by atoms with Crippen LogP contribution in [-0.2, 0) is 0 Å². The Morgan fingerprint density at radius 2 is 2.00 bits per heavy atom. The molecule has 0 bridgehead atoms. The van der Waals surface area contributed by atoms with E-state index in [1.165, 1.54) is 5.56 Å². The van der Waals surface area contributed by atoms with Gasteiger partial charge in [-0.15, -0.1) is 0 Å². The third-order valence-corrected chi connectivity index (χ3v) is 5.73. The number of aromatic hydroxyl groups is 1. The largest absolute Gasteiger partial charge is 0.508 e. The molecule has 0 aliphatic heterocycles. The van der Waals surface area contributed by atoms with Gasteiger partial charge in [-0.2, -0.15) is 0 Å². The van der Waals surface area contributed by atoms with Crippen molar-refractivity contribution < 1.29 is 10.2 Å². The zero-order chi connectivity index (χ0) is 18.8. The van der Waals surface area contributed by atoms with Crippen LogP contribution in [0, 0.1) is 12.8 Å². The van der Waals surface area contributed by atoms with Crippen LogP contribution in [0.1, 0.15) is 81.9 Å². The number of rotatable bonds is 6. The topological polar surface area (TPSA) is 89.2 Å². The number of benzene rings is 1. The maximum absolute atomic E-state index is 10.4. The van der Waals surface area contributed by atoms with E-state index < -0.39 is 11.6 Å². The van der Waals surface area contributed by atoms with Crippen molar-refractivity contribution in [3.8, 4) is 5.75 Å². The van der Waals surface area contributed by atoms with Crippen molar-refractivity contribution in [3.63, 3.8) is 0 Å². The summed E-state index contributed by atoms with van der Waals surface area (Å²) >= 11 is 0. The van der Waals surface area contributed by atoms with Crippen molar-refractivity contribution in [3.05, 3.63) is 39.3 Å². The van der Waals surface area contributed by atoms with Crippen LogP contribution in [0.2, 0.25) is 0 Å². The van der Waals surface area contributed by atoms with Gasteiger partial charge < -0.3 is 10.2 Å². The smallest absolute Gasteiger partial charge is 0.119 e. The summed E-state index contributed by atoms with van der Waals surface area (Å²) in [4.78, 5) is 2.89. The highest BCUT2D eigenvalue weighted by Crippen LogP contribution is 2.47. The van der Waals surface area contributed by atoms with E-state index in [-0.39, 0.29) is 0 Å². The highest BCUT2D eigenvalue weighted by atomic mass is 16.3. The molecule has 0 heterocycles. The van der Waals surface area contributed by atoms with Gasteiger partial charge in [0.15, 0.2) is 0 Å². The second kappa shape index (κ2) is 7.67. The van der Waals surface area contributed by atoms with Crippen molar-refractivity contribution >= 4 is 0 Å². The van der Waals surface area contributed by atoms with Crippen LogP contribution in [0.5, 0.6) is 5.75 Å². The Labute approximate surface area is 150 Å². The minimum atomic E-state index is -1.01. The fourth-order valence-electron chi connectivity index (χ4n) is 4.21. The van der Waals surface area contributed by atoms with E-state index in [2.05, 4.69) is 29.9 Å². The predicted octanol–water partition coefficient (Wildman–Crippen LogP) is 5.55. The molecule has 138 valence electrons. The second-order valence-corrected chi connectivity index (χ2v) is 8.30. The van der Waals surface area contributed by atoms with E-state index in [1.807, 2.05) is 13.0 Å². The Morgan fingerprint density at radius 1 is 1.32 bits per heavy atom. The molecule has 1 aromatic carbocycles. The lowest BCUT2D eigenvalue weighted by atomic mass is 9.70. The van der Waals surface area contributed by atoms with E-state index in [0.29, 0.717) is 29.9 Å². The van der Waals surface area contributed by atoms with Crippen molar-refractivity contribution in [2.45, 2.75) is 83.8 Å². The Balaban J connectivity index is 2.20. The standard InChI is InChI=1S/C20H31N3O2/c1-12-10-16-15(8-6-14(3)19(16)17(24)11-12)13(2)7-9-18(22-23-21)20(4,5)25/h10-11,13-15,18,24-25H,6-9H2,1-5H3/t13-,14+,15?,18?/m0/s1. The molecule has 1 aromatic rings. The molecular weight excluding hydrogens is 314 g/mol. The first-order valence-corrected chi connectivity index (χ1v) is 9.25. The summed E-state index contributed by atoms with van der Waals surface area (Å²) in [5, 5.41) is 24.4. The number of phenolic OH excluding ortho intramolecular Hbond substituents is 1. The quantitative estimate of drug-likeness (QED) is 0.402. The first kappa shape index (κ1) is 19.6. The lowest BCUT2D eigenvalue weighted by molar-refractivity contribution is 0.0467. The lowest BCUT2D eigenvalue weighted by Crippen LogP contribution is -2.34. The van der Waals surface area contributed by atoms with Gasteiger partial charge in [0.2, 0.25) is 0 Å². The Hall–Kier alpha value is -1.71. The summed E-state index contributed by atoms with van der Waals surface area (Å²) in [7, 11) is 0. The summed E-state index contributed by atoms with van der Waals surface area (Å²) in [6, 6.07) is 3.65. The number of hydrogen-bond acceptors (Lipinski definition) is 3. The number of hydrogen-bond donors (Lipinski definition) is 2. The van der Waals surface area contributed by atoms with Crippen LogP contribution in [0.15, 0.2) is 17.2 Å². The summed E-state index contributed by atoms with van der Waals surface area (Å²) in [6.07, 6.45) is 3.71. The summed E-state index contributed by atoms with van der Waals surface area (Å²) in [5.74, 6) is 1.59. The zero-order valence-electron chi connectivity index (χ0n) is 16.0. The summed E-state index contributed by atoms with van der Waals surface area (Å²) < 4.78 is 0. The Morgan fingerprint density at radius 3 is 2.60 bits per heavy atom. The molecule has 2 N–H and O–H groups in total. The SMILES string of the molecule is Cc1cc(O)c2c(c1)C([C@@H](C)CCC(N=[N+]=[N-])C(C)(C)O)CC[C@H]2C. The van der Waals surface area contributed by atoms with Crippen molar-refractivity contribution in [2.24, 2.45) is 11.0 Å². The van der Waals surface area contributed by atoms with Gasteiger partial charge in [-0.1, -0.05) is 25.0 Å². The van der Waals surface area contributed by atoms with Crippen molar-refractivity contribution in [2.75, 3.05) is 0 Å². The van der Waals surface area contributed by atoms with Gasteiger partial charge in [0.25, 0.3) is 0 Å². The lowest BCUT2D eigenvalue weighted by Gasteiger charge is -2.35. The number of phenols is 1. The third-order valence-electron chi connectivity index (χ3n) is 5.73. The van der Waals surface area contributed by atoms with Gasteiger partial charge in [-0.25, -0.2) is 0 Å². The van der Waals surface area contributed by atoms with Crippen LogP contribution in [0.25, 0.3) is 10.4 Å². The molecule has 1 aliphatic rings. The molecule has 2 unspecified atom stereocenters. The molecule has 0 saturated heterocycles. The van der Waals surface area contributed by atoms with Gasteiger partial charge in [-0.05, 0) is 86.9 Å². The first-order chi connectivity index (χ1) is 11.6. The summed E-state index contributed by atoms with van der Waals surface area (Å²) in [6.45, 7) is 9.81. The number of fused-ring (bicyclic) bond motifs is 1. The molecule has 0 spiro atoms. The molecule has 0 radical (unpaired) electrons. The molecule has 2 rings (SSSR count). The molecule has 1 aliphatic carbocycles. The molecule has 5 nitrogen and oxygen atoms in total. The first-order valence-electron chi connectivity index (χ1n) is 9.25. The van der Waals surface area contributed by atoms with Crippen LogP contribution < -0.4 is 0 Å². The van der Waals surface area contributed by atoms with Gasteiger partial charge in [0.05, 0.1) is 11.6 Å². The predicted molar refractivity (Wildman–Crippen MR) is 101 cm³/mol. The van der Waals surface area contributed by atoms with E-state index in [9.17, 15) is 10.2 Å². The molecule has 0 saturated carbocycles. The van der Waals surface area contributed by atoms with E-state index in [1.54, 1.807) is 13.8 Å². The average molecular weight is 345 g/mol. The average Bonchev–Trinajstić information content (AvgIpc) is 2.49.